The fraction of sp³-hybridized carbons (Fsp3) is 0.257. The molecule has 0 spiro atoms. The fourth-order valence-corrected chi connectivity index (χ4v) is 5.61. The molecule has 1 heterocycles. The molecule has 0 aromatic heterocycles. The Hall–Kier alpha value is -3.78. The van der Waals surface area contributed by atoms with Crippen molar-refractivity contribution in [2.75, 3.05) is 11.4 Å². The van der Waals surface area contributed by atoms with Crippen molar-refractivity contribution in [1.82, 2.24) is 0 Å². The van der Waals surface area contributed by atoms with Crippen LogP contribution < -0.4 is 9.64 Å². The van der Waals surface area contributed by atoms with Crippen LogP contribution in [-0.2, 0) is 5.41 Å². The second-order valence-corrected chi connectivity index (χ2v) is 10.7. The zero-order valence-corrected chi connectivity index (χ0v) is 22.8. The van der Waals surface area contributed by atoms with Gasteiger partial charge in [-0.05, 0) is 72.5 Å². The van der Waals surface area contributed by atoms with Gasteiger partial charge in [-0.3, -0.25) is 0 Å². The van der Waals surface area contributed by atoms with E-state index in [1.165, 1.54) is 32.9 Å². The van der Waals surface area contributed by atoms with E-state index in [9.17, 15) is 0 Å². The summed E-state index contributed by atoms with van der Waals surface area (Å²) in [5, 5.41) is 4.89. The van der Waals surface area contributed by atoms with Gasteiger partial charge < -0.3 is 9.64 Å². The number of allylic oxidation sites excluding steroid dienone is 4. The van der Waals surface area contributed by atoms with Gasteiger partial charge in [0.1, 0.15) is 0 Å². The normalized spacial score (nSPS) is 15.5. The van der Waals surface area contributed by atoms with Gasteiger partial charge in [-0.2, -0.15) is 0 Å². The van der Waals surface area contributed by atoms with Crippen LogP contribution in [0.5, 0.6) is 5.75 Å². The maximum Gasteiger partial charge on any atom is 0.200 e. The molecule has 0 radical (unpaired) electrons. The van der Waals surface area contributed by atoms with Crippen molar-refractivity contribution in [3.63, 3.8) is 0 Å². The van der Waals surface area contributed by atoms with Crippen molar-refractivity contribution in [3.8, 4) is 5.75 Å². The van der Waals surface area contributed by atoms with Crippen LogP contribution in [0, 0.1) is 6.92 Å². The van der Waals surface area contributed by atoms with Gasteiger partial charge in [-0.25, -0.2) is 0 Å². The fourth-order valence-electron chi connectivity index (χ4n) is 5.61. The average Bonchev–Trinajstić information content (AvgIpc) is 3.24. The molecule has 0 N–H and O–H groups in total. The lowest BCUT2D eigenvalue weighted by molar-refractivity contribution is 0.439. The van der Waals surface area contributed by atoms with Gasteiger partial charge >= 0.3 is 0 Å². The molecular formula is C35H37NO. The minimum atomic E-state index is -0.298. The Bertz CT molecular complexity index is 1550. The Balaban J connectivity index is 1.65. The number of ether oxygens (including phenoxy) is 1. The monoisotopic (exact) mass is 487 g/mol. The third-order valence-corrected chi connectivity index (χ3v) is 7.68. The summed E-state index contributed by atoms with van der Waals surface area (Å²) in [7, 11) is 0. The average molecular weight is 488 g/mol. The van der Waals surface area contributed by atoms with Gasteiger partial charge in [0.25, 0.3) is 0 Å². The van der Waals surface area contributed by atoms with E-state index in [1.807, 2.05) is 0 Å². The summed E-state index contributed by atoms with van der Waals surface area (Å²) < 4.78 is 6.64. The molecule has 2 heteroatoms. The molecule has 0 aliphatic carbocycles. The highest BCUT2D eigenvalue weighted by atomic mass is 16.5. The lowest BCUT2D eigenvalue weighted by Gasteiger charge is -2.34. The lowest BCUT2D eigenvalue weighted by atomic mass is 9.70. The van der Waals surface area contributed by atoms with E-state index in [-0.39, 0.29) is 5.41 Å². The predicted octanol–water partition coefficient (Wildman–Crippen LogP) is 9.62. The Morgan fingerprint density at radius 1 is 0.919 bits per heavy atom. The molecule has 188 valence electrons. The molecule has 0 fully saturated rings. The molecule has 4 aromatic rings. The highest BCUT2D eigenvalue weighted by Crippen LogP contribution is 2.47. The third-order valence-electron chi connectivity index (χ3n) is 7.68. The van der Waals surface area contributed by atoms with E-state index in [0.29, 0.717) is 0 Å². The Labute approximate surface area is 221 Å². The molecule has 2 nitrogen and oxygen atoms in total. The van der Waals surface area contributed by atoms with Crippen LogP contribution in [0.4, 0.5) is 5.69 Å². The van der Waals surface area contributed by atoms with Crippen LogP contribution in [0.1, 0.15) is 51.7 Å². The first-order valence-electron chi connectivity index (χ1n) is 13.3. The summed E-state index contributed by atoms with van der Waals surface area (Å²) >= 11 is 0. The van der Waals surface area contributed by atoms with Crippen molar-refractivity contribution in [2.45, 2.75) is 52.9 Å². The van der Waals surface area contributed by atoms with Crippen LogP contribution in [0.2, 0.25) is 0 Å². The highest BCUT2D eigenvalue weighted by Gasteiger charge is 2.34. The standard InChI is InChI=1S/C35H37NO/c1-7-22-36-31-19-18-28-13-9-11-15-30(28)34(31)37-32(36)23-26(5)35(6,21-20-24(2)3)33-25(4)16-17-27-12-8-10-14-29(27)33/h8-20,23H,5,7,21-22H2,1-4,6H3/b32-23-. The maximum absolute atomic E-state index is 6.64. The minimum absolute atomic E-state index is 0.298. The van der Waals surface area contributed by atoms with Crippen molar-refractivity contribution in [3.05, 3.63) is 120 Å². The molecule has 1 aliphatic rings. The van der Waals surface area contributed by atoms with E-state index in [4.69, 9.17) is 11.3 Å². The van der Waals surface area contributed by atoms with Gasteiger partial charge in [0.15, 0.2) is 5.75 Å². The molecule has 0 bridgehead atoms. The summed E-state index contributed by atoms with van der Waals surface area (Å²) in [5.74, 6) is 1.80. The summed E-state index contributed by atoms with van der Waals surface area (Å²) in [6, 6.07) is 26.0. The van der Waals surface area contributed by atoms with Crippen molar-refractivity contribution >= 4 is 27.2 Å². The Kier molecular flexibility index (Phi) is 6.69. The van der Waals surface area contributed by atoms with Crippen molar-refractivity contribution < 1.29 is 4.74 Å². The molecule has 4 aromatic carbocycles. The minimum Gasteiger partial charge on any atom is -0.438 e. The molecule has 0 saturated carbocycles. The lowest BCUT2D eigenvalue weighted by Crippen LogP contribution is -2.27. The SMILES string of the molecule is C=C(/C=C1\Oc2c(ccc3ccccc23)N1CCC)C(C)(CC=C(C)C)c1c(C)ccc2ccccc12. The number of nitrogens with zero attached hydrogens (tertiary/aromatic N) is 1. The van der Waals surface area contributed by atoms with Crippen LogP contribution in [0.15, 0.2) is 109 Å². The first kappa shape index (κ1) is 24.9. The van der Waals surface area contributed by atoms with E-state index in [2.05, 4.69) is 124 Å². The van der Waals surface area contributed by atoms with Crippen molar-refractivity contribution in [1.29, 1.82) is 0 Å². The van der Waals surface area contributed by atoms with Gasteiger partial charge in [-0.1, -0.05) is 98.8 Å². The number of aryl methyl sites for hydroxylation is 1. The van der Waals surface area contributed by atoms with Gasteiger partial charge in [0.2, 0.25) is 5.88 Å². The number of benzene rings is 4. The smallest absolute Gasteiger partial charge is 0.200 e. The van der Waals surface area contributed by atoms with E-state index in [1.54, 1.807) is 0 Å². The van der Waals surface area contributed by atoms with Gasteiger partial charge in [0, 0.05) is 23.4 Å². The quantitative estimate of drug-likeness (QED) is 0.241. The van der Waals surface area contributed by atoms with Crippen LogP contribution >= 0.6 is 0 Å². The Morgan fingerprint density at radius 3 is 2.27 bits per heavy atom. The molecule has 5 rings (SSSR count). The van der Waals surface area contributed by atoms with Gasteiger partial charge in [-0.15, -0.1) is 0 Å². The number of rotatable bonds is 7. The van der Waals surface area contributed by atoms with E-state index in [0.717, 1.165) is 47.7 Å². The van der Waals surface area contributed by atoms with Crippen molar-refractivity contribution in [2.24, 2.45) is 0 Å². The second-order valence-electron chi connectivity index (χ2n) is 10.7. The summed E-state index contributed by atoms with van der Waals surface area (Å²) in [5.41, 5.74) is 5.83. The van der Waals surface area contributed by atoms with Gasteiger partial charge in [0.05, 0.1) is 5.69 Å². The molecule has 1 aliphatic heterocycles. The Morgan fingerprint density at radius 2 is 1.57 bits per heavy atom. The summed E-state index contributed by atoms with van der Waals surface area (Å²) in [4.78, 5) is 2.31. The molecule has 37 heavy (non-hydrogen) atoms. The summed E-state index contributed by atoms with van der Waals surface area (Å²) in [6.07, 6.45) is 6.42. The van der Waals surface area contributed by atoms with Crippen LogP contribution in [0.3, 0.4) is 0 Å². The third kappa shape index (κ3) is 4.46. The van der Waals surface area contributed by atoms with Crippen LogP contribution in [-0.4, -0.2) is 6.54 Å². The number of hydrogen-bond acceptors (Lipinski definition) is 2. The number of anilines is 1. The zero-order valence-electron chi connectivity index (χ0n) is 22.8. The molecular weight excluding hydrogens is 450 g/mol. The zero-order chi connectivity index (χ0) is 26.2. The summed E-state index contributed by atoms with van der Waals surface area (Å²) in [6.45, 7) is 16.7. The largest absolute Gasteiger partial charge is 0.438 e. The molecule has 1 unspecified atom stereocenters. The highest BCUT2D eigenvalue weighted by molar-refractivity contribution is 5.95. The van der Waals surface area contributed by atoms with E-state index >= 15 is 0 Å². The molecule has 1 atom stereocenters. The number of hydrogen-bond donors (Lipinski definition) is 0. The first-order valence-corrected chi connectivity index (χ1v) is 13.3. The first-order chi connectivity index (χ1) is 17.8. The predicted molar refractivity (Wildman–Crippen MR) is 160 cm³/mol. The number of fused-ring (bicyclic) bond motifs is 4. The maximum atomic E-state index is 6.64. The topological polar surface area (TPSA) is 12.5 Å². The second kappa shape index (κ2) is 9.94. The molecule has 0 amide bonds. The van der Waals surface area contributed by atoms with E-state index < -0.39 is 0 Å². The van der Waals surface area contributed by atoms with Crippen LogP contribution in [0.25, 0.3) is 21.5 Å². The molecule has 0 saturated heterocycles.